The van der Waals surface area contributed by atoms with Gasteiger partial charge in [0.1, 0.15) is 6.54 Å². The monoisotopic (exact) mass is 412 g/mol. The van der Waals surface area contributed by atoms with Crippen molar-refractivity contribution in [3.63, 3.8) is 0 Å². The average molecular weight is 413 g/mol. The van der Waals surface area contributed by atoms with Gasteiger partial charge in [0.25, 0.3) is 5.91 Å². The summed E-state index contributed by atoms with van der Waals surface area (Å²) in [6.07, 6.45) is 3.62. The van der Waals surface area contributed by atoms with Gasteiger partial charge in [-0.05, 0) is 48.7 Å². The number of hydrogen-bond acceptors (Lipinski definition) is 4. The number of fused-ring (bicyclic) bond motifs is 1. The lowest BCUT2D eigenvalue weighted by Gasteiger charge is -2.30. The fourth-order valence-corrected chi connectivity index (χ4v) is 3.60. The highest BCUT2D eigenvalue weighted by atomic mass is 35.5. The van der Waals surface area contributed by atoms with Crippen molar-refractivity contribution in [1.29, 1.82) is 0 Å². The minimum absolute atomic E-state index is 0.0462. The van der Waals surface area contributed by atoms with Gasteiger partial charge < -0.3 is 14.8 Å². The highest BCUT2D eigenvalue weighted by Crippen LogP contribution is 2.35. The summed E-state index contributed by atoms with van der Waals surface area (Å²) >= 11 is 6.04. The van der Waals surface area contributed by atoms with Gasteiger partial charge >= 0.3 is 0 Å². The molecule has 0 aromatic heterocycles. The van der Waals surface area contributed by atoms with Crippen molar-refractivity contribution >= 4 is 35.2 Å². The fourth-order valence-electron chi connectivity index (χ4n) is 3.40. The Morgan fingerprint density at radius 1 is 1.24 bits per heavy atom. The first-order valence-electron chi connectivity index (χ1n) is 9.54. The molecule has 0 radical (unpaired) electrons. The SMILES string of the molecule is O=C(CN1C(=O)/C(=C\c2cccc(Cl)c2)Oc2ccccc21)NC[C@@H]1CCCO1. The van der Waals surface area contributed by atoms with Crippen LogP contribution in [0, 0.1) is 0 Å². The van der Waals surface area contributed by atoms with Crippen LogP contribution in [0.3, 0.4) is 0 Å². The molecule has 2 aliphatic rings. The van der Waals surface area contributed by atoms with E-state index in [9.17, 15) is 9.59 Å². The van der Waals surface area contributed by atoms with Gasteiger partial charge in [0.2, 0.25) is 5.91 Å². The molecule has 2 amide bonds. The van der Waals surface area contributed by atoms with Crippen LogP contribution in [0.2, 0.25) is 5.02 Å². The van der Waals surface area contributed by atoms with Crippen LogP contribution in [0.25, 0.3) is 6.08 Å². The number of halogens is 1. The van der Waals surface area contributed by atoms with Gasteiger partial charge in [-0.1, -0.05) is 35.9 Å². The first kappa shape index (κ1) is 19.5. The third kappa shape index (κ3) is 4.60. The molecular formula is C22H21ClN2O4. The van der Waals surface area contributed by atoms with Crippen molar-refractivity contribution in [3.05, 3.63) is 64.9 Å². The van der Waals surface area contributed by atoms with Gasteiger partial charge in [0, 0.05) is 18.2 Å². The van der Waals surface area contributed by atoms with Crippen LogP contribution in [-0.2, 0) is 14.3 Å². The molecular weight excluding hydrogens is 392 g/mol. The van der Waals surface area contributed by atoms with Gasteiger partial charge in [-0.25, -0.2) is 0 Å². The Hall–Kier alpha value is -2.83. The summed E-state index contributed by atoms with van der Waals surface area (Å²) in [5, 5.41) is 3.42. The zero-order valence-electron chi connectivity index (χ0n) is 15.8. The van der Waals surface area contributed by atoms with Crippen molar-refractivity contribution in [3.8, 4) is 5.75 Å². The number of hydrogen-bond donors (Lipinski definition) is 1. The van der Waals surface area contributed by atoms with Gasteiger partial charge in [0.05, 0.1) is 11.8 Å². The third-order valence-corrected chi connectivity index (χ3v) is 5.07. The molecule has 1 N–H and O–H groups in total. The Morgan fingerprint density at radius 3 is 2.90 bits per heavy atom. The van der Waals surface area contributed by atoms with Crippen LogP contribution >= 0.6 is 11.6 Å². The Balaban J connectivity index is 1.54. The molecule has 1 fully saturated rings. The number of amides is 2. The summed E-state index contributed by atoms with van der Waals surface area (Å²) in [5.74, 6) is 0.0359. The number of nitrogens with zero attached hydrogens (tertiary/aromatic N) is 1. The van der Waals surface area contributed by atoms with Crippen molar-refractivity contribution in [1.82, 2.24) is 5.32 Å². The van der Waals surface area contributed by atoms with Crippen molar-refractivity contribution in [2.75, 3.05) is 24.6 Å². The van der Waals surface area contributed by atoms with Gasteiger partial charge in [-0.2, -0.15) is 0 Å². The summed E-state index contributed by atoms with van der Waals surface area (Å²) in [6, 6.07) is 14.3. The molecule has 7 heteroatoms. The molecule has 4 rings (SSSR count). The Kier molecular flexibility index (Phi) is 5.83. The van der Waals surface area contributed by atoms with Crippen LogP contribution in [0.15, 0.2) is 54.3 Å². The number of rotatable bonds is 5. The summed E-state index contributed by atoms with van der Waals surface area (Å²) < 4.78 is 11.3. The van der Waals surface area contributed by atoms with E-state index in [0.717, 1.165) is 25.0 Å². The smallest absolute Gasteiger partial charge is 0.294 e. The second-order valence-electron chi connectivity index (χ2n) is 6.96. The van der Waals surface area contributed by atoms with E-state index >= 15 is 0 Å². The maximum atomic E-state index is 13.1. The van der Waals surface area contributed by atoms with Crippen LogP contribution in [0.4, 0.5) is 5.69 Å². The van der Waals surface area contributed by atoms with E-state index in [0.29, 0.717) is 23.0 Å². The van der Waals surface area contributed by atoms with Crippen LogP contribution in [0.5, 0.6) is 5.75 Å². The second-order valence-corrected chi connectivity index (χ2v) is 7.40. The number of nitrogens with one attached hydrogen (secondary N) is 1. The zero-order chi connectivity index (χ0) is 20.2. The predicted octanol–water partition coefficient (Wildman–Crippen LogP) is 3.40. The lowest BCUT2D eigenvalue weighted by Crippen LogP contribution is -2.45. The Morgan fingerprint density at radius 2 is 2.10 bits per heavy atom. The molecule has 0 aliphatic carbocycles. The first-order chi connectivity index (χ1) is 14.1. The van der Waals surface area contributed by atoms with Gasteiger partial charge in [-0.15, -0.1) is 0 Å². The number of para-hydroxylation sites is 2. The summed E-state index contributed by atoms with van der Waals surface area (Å²) in [7, 11) is 0. The normalized spacial score (nSPS) is 19.8. The number of carbonyl (C=O) groups is 2. The lowest BCUT2D eigenvalue weighted by atomic mass is 10.1. The molecule has 2 aromatic rings. The zero-order valence-corrected chi connectivity index (χ0v) is 16.5. The number of benzene rings is 2. The standard InChI is InChI=1S/C22H21ClN2O4/c23-16-6-3-5-15(11-16)12-20-22(27)25(18-8-1-2-9-19(18)29-20)14-21(26)24-13-17-7-4-10-28-17/h1-3,5-6,8-9,11-12,17H,4,7,10,13-14H2,(H,24,26)/b20-12+/t17-/m0/s1. The number of carbonyl (C=O) groups excluding carboxylic acids is 2. The molecule has 150 valence electrons. The fraction of sp³-hybridized carbons (Fsp3) is 0.273. The third-order valence-electron chi connectivity index (χ3n) is 4.83. The van der Waals surface area contributed by atoms with Crippen LogP contribution in [-0.4, -0.2) is 37.6 Å². The molecule has 2 aliphatic heterocycles. The minimum atomic E-state index is -0.379. The Labute approximate surface area is 174 Å². The van der Waals surface area contributed by atoms with Crippen molar-refractivity contribution < 1.29 is 19.1 Å². The van der Waals surface area contributed by atoms with Crippen LogP contribution < -0.4 is 15.0 Å². The molecule has 29 heavy (non-hydrogen) atoms. The molecule has 1 atom stereocenters. The maximum absolute atomic E-state index is 13.1. The number of ether oxygens (including phenoxy) is 2. The topological polar surface area (TPSA) is 67.9 Å². The minimum Gasteiger partial charge on any atom is -0.449 e. The molecule has 0 spiro atoms. The summed E-state index contributed by atoms with van der Waals surface area (Å²) in [6.45, 7) is 1.08. The first-order valence-corrected chi connectivity index (χ1v) is 9.92. The van der Waals surface area contributed by atoms with E-state index in [-0.39, 0.29) is 30.2 Å². The van der Waals surface area contributed by atoms with E-state index in [1.807, 2.05) is 12.1 Å². The summed E-state index contributed by atoms with van der Waals surface area (Å²) in [4.78, 5) is 27.0. The van der Waals surface area contributed by atoms with Gasteiger partial charge in [-0.3, -0.25) is 14.5 Å². The van der Waals surface area contributed by atoms with Gasteiger partial charge in [0.15, 0.2) is 11.5 Å². The van der Waals surface area contributed by atoms with Crippen LogP contribution in [0.1, 0.15) is 18.4 Å². The van der Waals surface area contributed by atoms with Crippen molar-refractivity contribution in [2.45, 2.75) is 18.9 Å². The molecule has 6 nitrogen and oxygen atoms in total. The highest BCUT2D eigenvalue weighted by Gasteiger charge is 2.31. The molecule has 2 heterocycles. The molecule has 0 saturated carbocycles. The second kappa shape index (κ2) is 8.68. The highest BCUT2D eigenvalue weighted by molar-refractivity contribution is 6.30. The quantitative estimate of drug-likeness (QED) is 0.764. The summed E-state index contributed by atoms with van der Waals surface area (Å²) in [5.41, 5.74) is 1.30. The van der Waals surface area contributed by atoms with Crippen molar-refractivity contribution in [2.24, 2.45) is 0 Å². The molecule has 0 bridgehead atoms. The average Bonchev–Trinajstić information content (AvgIpc) is 3.23. The van der Waals surface area contributed by atoms with E-state index < -0.39 is 0 Å². The molecule has 0 unspecified atom stereocenters. The molecule has 1 saturated heterocycles. The van der Waals surface area contributed by atoms with E-state index in [2.05, 4.69) is 5.32 Å². The lowest BCUT2D eigenvalue weighted by molar-refractivity contribution is -0.123. The Bertz CT molecular complexity index is 953. The predicted molar refractivity (Wildman–Crippen MR) is 111 cm³/mol. The van der Waals surface area contributed by atoms with E-state index in [4.69, 9.17) is 21.1 Å². The van der Waals surface area contributed by atoms with E-state index in [1.165, 1.54) is 4.90 Å². The largest absolute Gasteiger partial charge is 0.449 e. The maximum Gasteiger partial charge on any atom is 0.294 e. The molecule has 2 aromatic carbocycles. The van der Waals surface area contributed by atoms with E-state index in [1.54, 1.807) is 42.5 Å². The number of anilines is 1.